The largest absolute Gasteiger partial charge is 0.474 e. The first-order chi connectivity index (χ1) is 29.5. The zero-order valence-corrected chi connectivity index (χ0v) is 34.8. The lowest BCUT2D eigenvalue weighted by Crippen LogP contribution is -2.52. The highest BCUT2D eigenvalue weighted by molar-refractivity contribution is 6.35. The molecule has 1 spiro atoms. The van der Waals surface area contributed by atoms with E-state index in [0.29, 0.717) is 64.3 Å². The van der Waals surface area contributed by atoms with Gasteiger partial charge in [0.25, 0.3) is 5.91 Å². The zero-order valence-electron chi connectivity index (χ0n) is 34.0. The number of hydrogen-bond donors (Lipinski definition) is 3. The summed E-state index contributed by atoms with van der Waals surface area (Å²) in [6.07, 6.45) is 9.00. The Morgan fingerprint density at radius 1 is 1.00 bits per heavy atom. The molecular formula is C45H48ClFN8O6. The first-order valence-corrected chi connectivity index (χ1v) is 21.8. The lowest BCUT2D eigenvalue weighted by molar-refractivity contribution is -0.136. The first-order valence-electron chi connectivity index (χ1n) is 21.4. The number of carbonyl (C=O) groups is 4. The van der Waals surface area contributed by atoms with E-state index in [0.717, 1.165) is 99.1 Å². The highest BCUT2D eigenvalue weighted by Crippen LogP contribution is 2.51. The smallest absolute Gasteiger partial charge is 0.413 e. The van der Waals surface area contributed by atoms with Crippen LogP contribution in [0.2, 0.25) is 5.02 Å². The van der Waals surface area contributed by atoms with Gasteiger partial charge >= 0.3 is 6.09 Å². The van der Waals surface area contributed by atoms with Crippen LogP contribution in [-0.2, 0) is 20.9 Å². The Labute approximate surface area is 357 Å². The summed E-state index contributed by atoms with van der Waals surface area (Å²) in [7, 11) is 0. The summed E-state index contributed by atoms with van der Waals surface area (Å²) in [5, 5.41) is 10.4. The van der Waals surface area contributed by atoms with Gasteiger partial charge in [-0.15, -0.1) is 0 Å². The average molecular weight is 851 g/mol. The van der Waals surface area contributed by atoms with Gasteiger partial charge in [0.15, 0.2) is 0 Å². The standard InChI is InChI=1S/C45H48ClFN8O6/c1-25-32(22-50-42-40(25)48-10-15-60-42)31-16-27-18-37(49-21-28(27)17-34(31)47)51-44(59)61-29-19-45(20-29)8-13-53(14-9-45)23-26-6-11-54(12-7-26)35-3-2-30-33(39(35)46)24-55(43(30)58)36-4-5-38(56)52-41(36)57/h2-3,16-18,21-22,26,29,36,48H,4-15,19-20,23-24H2,1H3,(H,49,51,59)(H,52,56,57). The van der Waals surface area contributed by atoms with E-state index in [4.69, 9.17) is 21.1 Å². The number of nitrogens with one attached hydrogen (secondary N) is 3. The molecule has 4 amide bonds. The molecule has 2 aromatic heterocycles. The molecular weight excluding hydrogens is 803 g/mol. The Morgan fingerprint density at radius 2 is 1.80 bits per heavy atom. The molecule has 16 heteroatoms. The minimum absolute atomic E-state index is 0.140. The predicted octanol–water partition coefficient (Wildman–Crippen LogP) is 6.67. The fourth-order valence-corrected chi connectivity index (χ4v) is 10.7. The van der Waals surface area contributed by atoms with Crippen molar-refractivity contribution in [3.05, 3.63) is 70.3 Å². The van der Waals surface area contributed by atoms with Gasteiger partial charge in [0, 0.05) is 79.2 Å². The summed E-state index contributed by atoms with van der Waals surface area (Å²) in [4.78, 5) is 65.6. The van der Waals surface area contributed by atoms with Crippen molar-refractivity contribution in [3.63, 3.8) is 0 Å². The van der Waals surface area contributed by atoms with E-state index in [-0.39, 0.29) is 42.1 Å². The maximum Gasteiger partial charge on any atom is 0.413 e. The van der Waals surface area contributed by atoms with E-state index in [1.807, 2.05) is 19.1 Å². The van der Waals surface area contributed by atoms with Crippen molar-refractivity contribution in [3.8, 4) is 17.0 Å². The van der Waals surface area contributed by atoms with Crippen LogP contribution in [0.5, 0.6) is 5.88 Å². The number of amides is 4. The SMILES string of the molecule is Cc1c(-c2cc3cc(NC(=O)OC4CC5(CCN(CC6CCN(c7ccc8c(c7Cl)CN(C7CCC(=O)NC7=O)C8=O)CC6)CC5)C4)ncc3cc2F)cnc2c1NCCO2. The van der Waals surface area contributed by atoms with Crippen molar-refractivity contribution in [1.82, 2.24) is 25.1 Å². The normalized spacial score (nSPS) is 21.7. The number of anilines is 3. The molecule has 2 aromatic carbocycles. The molecule has 0 bridgehead atoms. The van der Waals surface area contributed by atoms with Gasteiger partial charge in [-0.1, -0.05) is 11.6 Å². The molecule has 1 unspecified atom stereocenters. The molecule has 4 fully saturated rings. The van der Waals surface area contributed by atoms with Crippen LogP contribution in [0.25, 0.3) is 21.9 Å². The molecule has 5 aliphatic heterocycles. The molecule has 10 rings (SSSR count). The highest BCUT2D eigenvalue weighted by atomic mass is 35.5. The van der Waals surface area contributed by atoms with Crippen molar-refractivity contribution < 1.29 is 33.0 Å². The third-order valence-corrected chi connectivity index (χ3v) is 14.3. The Balaban J connectivity index is 0.679. The number of fused-ring (bicyclic) bond motifs is 3. The summed E-state index contributed by atoms with van der Waals surface area (Å²) >= 11 is 6.96. The molecule has 318 valence electrons. The summed E-state index contributed by atoms with van der Waals surface area (Å²) < 4.78 is 26.8. The summed E-state index contributed by atoms with van der Waals surface area (Å²) in [6, 6.07) is 8.03. The molecule has 3 saturated heterocycles. The van der Waals surface area contributed by atoms with Crippen LogP contribution in [0.4, 0.5) is 26.4 Å². The molecule has 1 atom stereocenters. The number of carbonyl (C=O) groups excluding carboxylic acids is 4. The number of piperidine rings is 3. The van der Waals surface area contributed by atoms with Crippen LogP contribution in [0.15, 0.2) is 42.7 Å². The number of imide groups is 1. The Hall–Kier alpha value is -5.54. The number of rotatable bonds is 7. The quantitative estimate of drug-likeness (QED) is 0.171. The van der Waals surface area contributed by atoms with Crippen LogP contribution < -0.4 is 25.6 Å². The number of pyridine rings is 2. The van der Waals surface area contributed by atoms with E-state index in [9.17, 15) is 19.2 Å². The lowest BCUT2D eigenvalue weighted by Gasteiger charge is -2.51. The summed E-state index contributed by atoms with van der Waals surface area (Å²) in [5.74, 6) is 0.0938. The fraction of sp³-hybridized carbons (Fsp3) is 0.467. The number of ether oxygens (including phenoxy) is 2. The van der Waals surface area contributed by atoms with Gasteiger partial charge in [0.05, 0.1) is 10.7 Å². The Kier molecular flexibility index (Phi) is 10.2. The number of aromatic nitrogens is 2. The summed E-state index contributed by atoms with van der Waals surface area (Å²) in [6.45, 7) is 8.23. The Bertz CT molecular complexity index is 2460. The van der Waals surface area contributed by atoms with E-state index in [2.05, 4.69) is 35.7 Å². The van der Waals surface area contributed by atoms with Crippen molar-refractivity contribution >= 4 is 63.4 Å². The molecule has 1 saturated carbocycles. The molecule has 6 aliphatic rings. The third kappa shape index (κ3) is 7.49. The second-order valence-electron chi connectivity index (χ2n) is 17.6. The minimum atomic E-state index is -0.668. The van der Waals surface area contributed by atoms with Crippen LogP contribution in [0.3, 0.4) is 0 Å². The number of nitrogens with zero attached hydrogens (tertiary/aromatic N) is 5. The van der Waals surface area contributed by atoms with Gasteiger partial charge in [0.2, 0.25) is 17.7 Å². The van der Waals surface area contributed by atoms with E-state index >= 15 is 4.39 Å². The van der Waals surface area contributed by atoms with Crippen LogP contribution in [0, 0.1) is 24.1 Å². The van der Waals surface area contributed by atoms with Crippen molar-refractivity contribution in [2.45, 2.75) is 77.0 Å². The Morgan fingerprint density at radius 3 is 2.59 bits per heavy atom. The molecule has 3 N–H and O–H groups in total. The van der Waals surface area contributed by atoms with E-state index in [1.165, 1.54) is 6.07 Å². The lowest BCUT2D eigenvalue weighted by atomic mass is 9.61. The second-order valence-corrected chi connectivity index (χ2v) is 18.0. The van der Waals surface area contributed by atoms with Crippen molar-refractivity contribution in [2.75, 3.05) is 61.4 Å². The average Bonchev–Trinajstić information content (AvgIpc) is 3.58. The topological polar surface area (TPSA) is 158 Å². The van der Waals surface area contributed by atoms with Gasteiger partial charge in [-0.05, 0) is 118 Å². The van der Waals surface area contributed by atoms with Crippen LogP contribution in [0.1, 0.15) is 72.9 Å². The van der Waals surface area contributed by atoms with E-state index < -0.39 is 18.0 Å². The summed E-state index contributed by atoms with van der Waals surface area (Å²) in [5.41, 5.74) is 5.10. The van der Waals surface area contributed by atoms with Crippen LogP contribution in [-0.4, -0.2) is 102 Å². The van der Waals surface area contributed by atoms with Gasteiger partial charge < -0.3 is 29.5 Å². The number of benzene rings is 2. The fourth-order valence-electron chi connectivity index (χ4n) is 10.4. The molecule has 14 nitrogen and oxygen atoms in total. The third-order valence-electron chi connectivity index (χ3n) is 13.9. The number of halogens is 2. The van der Waals surface area contributed by atoms with Gasteiger partial charge in [0.1, 0.15) is 36.1 Å². The minimum Gasteiger partial charge on any atom is -0.474 e. The molecule has 1 aliphatic carbocycles. The molecule has 7 heterocycles. The van der Waals surface area contributed by atoms with Gasteiger partial charge in [-0.3, -0.25) is 25.0 Å². The molecule has 61 heavy (non-hydrogen) atoms. The van der Waals surface area contributed by atoms with Crippen LogP contribution >= 0.6 is 11.6 Å². The second kappa shape index (κ2) is 15.7. The zero-order chi connectivity index (χ0) is 42.0. The maximum absolute atomic E-state index is 15.3. The monoisotopic (exact) mass is 850 g/mol. The van der Waals surface area contributed by atoms with Crippen molar-refractivity contribution in [1.29, 1.82) is 0 Å². The molecule has 4 aromatic rings. The highest BCUT2D eigenvalue weighted by Gasteiger charge is 2.48. The van der Waals surface area contributed by atoms with Gasteiger partial charge in [-0.25, -0.2) is 19.2 Å². The van der Waals surface area contributed by atoms with E-state index in [1.54, 1.807) is 29.4 Å². The first kappa shape index (κ1) is 39.6. The molecule has 0 radical (unpaired) electrons. The maximum atomic E-state index is 15.3. The van der Waals surface area contributed by atoms with Gasteiger partial charge in [-0.2, -0.15) is 0 Å². The van der Waals surface area contributed by atoms with Crippen molar-refractivity contribution in [2.24, 2.45) is 11.3 Å². The predicted molar refractivity (Wildman–Crippen MR) is 227 cm³/mol. The number of likely N-dealkylation sites (tertiary alicyclic amines) is 1. The number of hydrogen-bond acceptors (Lipinski definition) is 11.